The molecule has 0 saturated heterocycles. The second-order valence-electron chi connectivity index (χ2n) is 11.1. The fourth-order valence-corrected chi connectivity index (χ4v) is 5.28. The number of unbranched alkanes of at least 4 members (excludes halogenated alkanes) is 18. The molecular weight excluding hydrogens is 543 g/mol. The summed E-state index contributed by atoms with van der Waals surface area (Å²) in [6.45, 7) is 5.13. The summed E-state index contributed by atoms with van der Waals surface area (Å²) in [6, 6.07) is 0. The number of hydrogen-bond acceptors (Lipinski definition) is 7. The van der Waals surface area contributed by atoms with Crippen molar-refractivity contribution >= 4 is 19.8 Å². The quantitative estimate of drug-likeness (QED) is 0.0458. The normalized spacial score (nSPS) is 11.6. The number of hydrogen-bond donors (Lipinski definition) is 1. The summed E-state index contributed by atoms with van der Waals surface area (Å²) >= 11 is 0. The lowest BCUT2D eigenvalue weighted by Crippen LogP contribution is -2.07. The molecule has 9 heteroatoms. The van der Waals surface area contributed by atoms with Gasteiger partial charge >= 0.3 is 19.8 Å². The van der Waals surface area contributed by atoms with Gasteiger partial charge < -0.3 is 14.4 Å². The van der Waals surface area contributed by atoms with Crippen LogP contribution in [-0.2, 0) is 32.7 Å². The minimum atomic E-state index is -4.11. The molecule has 0 aliphatic heterocycles. The molecule has 0 rings (SSSR count). The van der Waals surface area contributed by atoms with Gasteiger partial charge in [-0.1, -0.05) is 117 Å². The zero-order valence-electron chi connectivity index (χ0n) is 26.6. The van der Waals surface area contributed by atoms with Crippen molar-refractivity contribution in [2.45, 2.75) is 168 Å². The molecule has 244 valence electrons. The summed E-state index contributed by atoms with van der Waals surface area (Å²) in [7, 11) is -4.11. The van der Waals surface area contributed by atoms with Crippen LogP contribution in [0.1, 0.15) is 168 Å². The number of rotatable bonds is 32. The van der Waals surface area contributed by atoms with E-state index in [0.717, 1.165) is 25.7 Å². The maximum Gasteiger partial charge on any atom is 0.472 e. The molecule has 0 aromatic carbocycles. The van der Waals surface area contributed by atoms with Gasteiger partial charge in [0.1, 0.15) is 0 Å². The van der Waals surface area contributed by atoms with Gasteiger partial charge in [0.2, 0.25) is 0 Å². The van der Waals surface area contributed by atoms with Gasteiger partial charge in [-0.25, -0.2) is 4.57 Å². The molecule has 0 radical (unpaired) electrons. The summed E-state index contributed by atoms with van der Waals surface area (Å²) in [5.74, 6) is -0.363. The Morgan fingerprint density at radius 1 is 0.463 bits per heavy atom. The second kappa shape index (κ2) is 30.5. The van der Waals surface area contributed by atoms with Crippen LogP contribution in [0.25, 0.3) is 0 Å². The highest BCUT2D eigenvalue weighted by Crippen LogP contribution is 2.43. The molecule has 0 aromatic rings. The summed E-state index contributed by atoms with van der Waals surface area (Å²) in [4.78, 5) is 33.4. The maximum atomic E-state index is 12.0. The molecule has 0 aliphatic carbocycles. The number of phosphoric acid groups is 1. The van der Waals surface area contributed by atoms with Crippen LogP contribution in [-0.4, -0.2) is 43.3 Å². The van der Waals surface area contributed by atoms with Crippen molar-refractivity contribution < 1.29 is 37.6 Å². The zero-order valence-corrected chi connectivity index (χ0v) is 27.4. The molecular formula is C32H63O8P. The van der Waals surface area contributed by atoms with E-state index in [-0.39, 0.29) is 38.4 Å². The first-order valence-corrected chi connectivity index (χ1v) is 18.3. The molecule has 0 fully saturated rings. The lowest BCUT2D eigenvalue weighted by molar-refractivity contribution is -0.144. The maximum absolute atomic E-state index is 12.0. The van der Waals surface area contributed by atoms with Gasteiger partial charge in [-0.15, -0.1) is 0 Å². The predicted octanol–water partition coefficient (Wildman–Crippen LogP) is 9.61. The van der Waals surface area contributed by atoms with Crippen molar-refractivity contribution in [3.05, 3.63) is 0 Å². The van der Waals surface area contributed by atoms with E-state index in [4.69, 9.17) is 18.5 Å². The Morgan fingerprint density at radius 2 is 0.756 bits per heavy atom. The van der Waals surface area contributed by atoms with Crippen LogP contribution < -0.4 is 0 Å². The van der Waals surface area contributed by atoms with Gasteiger partial charge in [0, 0.05) is 12.8 Å². The Hall–Kier alpha value is -0.950. The van der Waals surface area contributed by atoms with E-state index in [1.165, 1.54) is 89.9 Å². The van der Waals surface area contributed by atoms with Crippen LogP contribution in [0.2, 0.25) is 0 Å². The van der Waals surface area contributed by atoms with Crippen molar-refractivity contribution in [3.63, 3.8) is 0 Å². The van der Waals surface area contributed by atoms with Gasteiger partial charge in [-0.3, -0.25) is 18.6 Å². The number of ether oxygens (including phenoxy) is 2. The SMILES string of the molecule is CCCCCCCCCCCC(=O)OCCCCOP(=O)(O)OCCCCOC(=O)CCCCCCCCCCC. The van der Waals surface area contributed by atoms with Gasteiger partial charge in [-0.2, -0.15) is 0 Å². The van der Waals surface area contributed by atoms with Crippen LogP contribution in [0.3, 0.4) is 0 Å². The van der Waals surface area contributed by atoms with Crippen molar-refractivity contribution in [2.75, 3.05) is 26.4 Å². The summed E-state index contributed by atoms with van der Waals surface area (Å²) in [6.07, 6.45) is 24.8. The van der Waals surface area contributed by atoms with E-state index in [2.05, 4.69) is 13.8 Å². The predicted molar refractivity (Wildman–Crippen MR) is 166 cm³/mol. The van der Waals surface area contributed by atoms with Gasteiger partial charge in [-0.05, 0) is 38.5 Å². The Morgan fingerprint density at radius 3 is 1.10 bits per heavy atom. The Kier molecular flexibility index (Phi) is 29.8. The van der Waals surface area contributed by atoms with Gasteiger partial charge in [0.05, 0.1) is 26.4 Å². The number of phosphoric ester groups is 1. The molecule has 0 spiro atoms. The first-order valence-electron chi connectivity index (χ1n) is 16.8. The minimum Gasteiger partial charge on any atom is -0.466 e. The fraction of sp³-hybridized carbons (Fsp3) is 0.938. The smallest absolute Gasteiger partial charge is 0.466 e. The largest absolute Gasteiger partial charge is 0.472 e. The van der Waals surface area contributed by atoms with E-state index < -0.39 is 7.82 Å². The molecule has 0 bridgehead atoms. The van der Waals surface area contributed by atoms with Crippen molar-refractivity contribution in [1.82, 2.24) is 0 Å². The first kappa shape index (κ1) is 40.1. The minimum absolute atomic E-state index is 0.0556. The lowest BCUT2D eigenvalue weighted by atomic mass is 10.1. The Bertz CT molecular complexity index is 593. The molecule has 41 heavy (non-hydrogen) atoms. The fourth-order valence-electron chi connectivity index (χ4n) is 4.48. The van der Waals surface area contributed by atoms with Crippen LogP contribution in [0, 0.1) is 0 Å². The highest BCUT2D eigenvalue weighted by molar-refractivity contribution is 7.47. The number of esters is 2. The van der Waals surface area contributed by atoms with Crippen LogP contribution in [0.5, 0.6) is 0 Å². The molecule has 0 saturated carbocycles. The highest BCUT2D eigenvalue weighted by atomic mass is 31.2. The molecule has 0 aliphatic rings. The van der Waals surface area contributed by atoms with Crippen molar-refractivity contribution in [2.24, 2.45) is 0 Å². The number of carbonyl (C=O) groups excluding carboxylic acids is 2. The highest BCUT2D eigenvalue weighted by Gasteiger charge is 2.20. The zero-order chi connectivity index (χ0) is 30.3. The Balaban J connectivity index is 3.48. The monoisotopic (exact) mass is 606 g/mol. The Labute approximate surface area is 251 Å². The van der Waals surface area contributed by atoms with Crippen LogP contribution in [0.4, 0.5) is 0 Å². The van der Waals surface area contributed by atoms with E-state index in [9.17, 15) is 19.0 Å². The van der Waals surface area contributed by atoms with E-state index in [1.54, 1.807) is 0 Å². The van der Waals surface area contributed by atoms with E-state index in [1.807, 2.05) is 0 Å². The summed E-state index contributed by atoms with van der Waals surface area (Å²) in [5.41, 5.74) is 0. The third-order valence-corrected chi connectivity index (χ3v) is 8.10. The third kappa shape index (κ3) is 31.8. The van der Waals surface area contributed by atoms with Crippen molar-refractivity contribution in [3.8, 4) is 0 Å². The number of carbonyl (C=O) groups is 2. The molecule has 8 nitrogen and oxygen atoms in total. The molecule has 0 aromatic heterocycles. The molecule has 0 unspecified atom stereocenters. The van der Waals surface area contributed by atoms with Gasteiger partial charge in [0.15, 0.2) is 0 Å². The van der Waals surface area contributed by atoms with Crippen molar-refractivity contribution in [1.29, 1.82) is 0 Å². The lowest BCUT2D eigenvalue weighted by Gasteiger charge is -2.12. The second-order valence-corrected chi connectivity index (χ2v) is 12.6. The molecule has 0 heterocycles. The standard InChI is InChI=1S/C32H63O8P/c1-3-5-7-9-11-13-15-17-19-25-31(33)37-27-21-23-29-39-41(35,36)40-30-24-22-28-38-32(34)26-20-18-16-14-12-10-8-6-4-2/h3-30H2,1-2H3,(H,35,36). The van der Waals surface area contributed by atoms with E-state index in [0.29, 0.717) is 38.5 Å². The summed E-state index contributed by atoms with van der Waals surface area (Å²) < 4.78 is 32.4. The molecule has 0 amide bonds. The first-order chi connectivity index (χ1) is 19.9. The van der Waals surface area contributed by atoms with E-state index >= 15 is 0 Å². The van der Waals surface area contributed by atoms with Gasteiger partial charge in [0.25, 0.3) is 0 Å². The molecule has 1 N–H and O–H groups in total. The topological polar surface area (TPSA) is 108 Å². The average Bonchev–Trinajstić information content (AvgIpc) is 2.95. The van der Waals surface area contributed by atoms with Crippen LogP contribution >= 0.6 is 7.82 Å². The molecule has 0 atom stereocenters. The van der Waals surface area contributed by atoms with Crippen LogP contribution in [0.15, 0.2) is 0 Å². The third-order valence-electron chi connectivity index (χ3n) is 7.08. The summed E-state index contributed by atoms with van der Waals surface area (Å²) in [5, 5.41) is 0. The average molecular weight is 607 g/mol.